The van der Waals surface area contributed by atoms with Crippen LogP contribution in [0.2, 0.25) is 0 Å². The second-order valence-corrected chi connectivity index (χ2v) is 3.73. The van der Waals surface area contributed by atoms with E-state index in [0.717, 1.165) is 5.56 Å². The lowest BCUT2D eigenvalue weighted by Gasteiger charge is -2.22. The molecular formula is C13H18O2. The summed E-state index contributed by atoms with van der Waals surface area (Å²) in [6.45, 7) is 3.69. The van der Waals surface area contributed by atoms with Crippen LogP contribution in [0.3, 0.4) is 0 Å². The highest BCUT2D eigenvalue weighted by molar-refractivity contribution is 5.18. The van der Waals surface area contributed by atoms with E-state index in [0.29, 0.717) is 0 Å². The summed E-state index contributed by atoms with van der Waals surface area (Å²) in [4.78, 5) is 0. The van der Waals surface area contributed by atoms with E-state index in [1.165, 1.54) is 0 Å². The van der Waals surface area contributed by atoms with E-state index in [4.69, 9.17) is 0 Å². The zero-order valence-corrected chi connectivity index (χ0v) is 9.17. The molecule has 1 aromatic carbocycles. The van der Waals surface area contributed by atoms with Gasteiger partial charge in [-0.3, -0.25) is 0 Å². The van der Waals surface area contributed by atoms with Gasteiger partial charge in [-0.2, -0.15) is 0 Å². The summed E-state index contributed by atoms with van der Waals surface area (Å²) >= 11 is 0. The number of aliphatic hydroxyl groups excluding tert-OH is 2. The second-order valence-electron chi connectivity index (χ2n) is 3.73. The van der Waals surface area contributed by atoms with Gasteiger partial charge in [0.1, 0.15) is 0 Å². The van der Waals surface area contributed by atoms with Crippen LogP contribution < -0.4 is 0 Å². The van der Waals surface area contributed by atoms with Crippen LogP contribution in [0.4, 0.5) is 0 Å². The minimum Gasteiger partial charge on any atom is -0.389 e. The van der Waals surface area contributed by atoms with Crippen LogP contribution in [0.5, 0.6) is 0 Å². The van der Waals surface area contributed by atoms with Crippen molar-refractivity contribution in [3.63, 3.8) is 0 Å². The summed E-state index contributed by atoms with van der Waals surface area (Å²) in [6.07, 6.45) is 2.25. The lowest BCUT2D eigenvalue weighted by molar-refractivity contribution is 0.0443. The Hall–Kier alpha value is -1.12. The first kappa shape index (κ1) is 12.0. The summed E-state index contributed by atoms with van der Waals surface area (Å²) in [5.74, 6) is -0.205. The van der Waals surface area contributed by atoms with Crippen LogP contribution in [0.15, 0.2) is 42.5 Å². The van der Waals surface area contributed by atoms with Gasteiger partial charge >= 0.3 is 0 Å². The minimum atomic E-state index is -0.627. The van der Waals surface area contributed by atoms with Crippen molar-refractivity contribution in [2.45, 2.75) is 26.1 Å². The highest BCUT2D eigenvalue weighted by Crippen LogP contribution is 2.24. The molecule has 0 fully saturated rings. The fourth-order valence-electron chi connectivity index (χ4n) is 1.51. The highest BCUT2D eigenvalue weighted by Gasteiger charge is 2.21. The molecule has 0 heterocycles. The van der Waals surface area contributed by atoms with E-state index in [1.807, 2.05) is 44.2 Å². The normalized spacial score (nSPS) is 17.6. The van der Waals surface area contributed by atoms with Gasteiger partial charge in [0.05, 0.1) is 12.2 Å². The quantitative estimate of drug-likeness (QED) is 0.742. The molecule has 82 valence electrons. The maximum absolute atomic E-state index is 9.99. The first-order valence-electron chi connectivity index (χ1n) is 5.20. The number of allylic oxidation sites excluding steroid dienone is 1. The molecule has 0 aliphatic rings. The van der Waals surface area contributed by atoms with Crippen molar-refractivity contribution in [2.75, 3.05) is 0 Å². The molecule has 2 nitrogen and oxygen atoms in total. The van der Waals surface area contributed by atoms with Crippen molar-refractivity contribution < 1.29 is 10.2 Å². The monoisotopic (exact) mass is 206 g/mol. The van der Waals surface area contributed by atoms with Crippen molar-refractivity contribution in [1.82, 2.24) is 0 Å². The Morgan fingerprint density at radius 1 is 1.13 bits per heavy atom. The molecule has 0 aromatic heterocycles. The molecule has 0 aliphatic carbocycles. The van der Waals surface area contributed by atoms with Crippen molar-refractivity contribution in [2.24, 2.45) is 5.92 Å². The molecule has 0 saturated heterocycles. The number of aliphatic hydroxyl groups is 2. The van der Waals surface area contributed by atoms with Crippen LogP contribution in [-0.4, -0.2) is 16.3 Å². The zero-order chi connectivity index (χ0) is 11.3. The van der Waals surface area contributed by atoms with Gasteiger partial charge in [-0.15, -0.1) is 0 Å². The molecule has 0 aliphatic heterocycles. The van der Waals surface area contributed by atoms with Crippen LogP contribution >= 0.6 is 0 Å². The van der Waals surface area contributed by atoms with Gasteiger partial charge < -0.3 is 10.2 Å². The van der Waals surface area contributed by atoms with Gasteiger partial charge in [-0.1, -0.05) is 49.4 Å². The van der Waals surface area contributed by atoms with E-state index in [9.17, 15) is 10.2 Å². The SMILES string of the molecule is C/C=C/[C@H](O)[C@@H](C)[C@@H](O)c1ccccc1. The molecule has 0 radical (unpaired) electrons. The predicted octanol–water partition coefficient (Wildman–Crippen LogP) is 2.29. The van der Waals surface area contributed by atoms with Gasteiger partial charge in [-0.25, -0.2) is 0 Å². The van der Waals surface area contributed by atoms with Crippen molar-refractivity contribution in [3.8, 4) is 0 Å². The van der Waals surface area contributed by atoms with Gasteiger partial charge in [0.2, 0.25) is 0 Å². The Morgan fingerprint density at radius 3 is 2.27 bits per heavy atom. The molecule has 2 N–H and O–H groups in total. The summed E-state index contributed by atoms with van der Waals surface area (Å²) < 4.78 is 0. The Balaban J connectivity index is 2.72. The van der Waals surface area contributed by atoms with Crippen LogP contribution in [-0.2, 0) is 0 Å². The second kappa shape index (κ2) is 5.69. The largest absolute Gasteiger partial charge is 0.389 e. The van der Waals surface area contributed by atoms with E-state index < -0.39 is 12.2 Å². The molecule has 0 bridgehead atoms. The maximum atomic E-state index is 9.99. The molecule has 0 saturated carbocycles. The summed E-state index contributed by atoms with van der Waals surface area (Å²) in [5, 5.41) is 19.7. The molecule has 15 heavy (non-hydrogen) atoms. The topological polar surface area (TPSA) is 40.5 Å². The Labute approximate surface area is 90.9 Å². The van der Waals surface area contributed by atoms with E-state index in [2.05, 4.69) is 0 Å². The smallest absolute Gasteiger partial charge is 0.0843 e. The Kier molecular flexibility index (Phi) is 4.53. The third kappa shape index (κ3) is 3.18. The summed E-state index contributed by atoms with van der Waals surface area (Å²) in [7, 11) is 0. The van der Waals surface area contributed by atoms with Crippen LogP contribution in [0.1, 0.15) is 25.5 Å². The molecule has 0 spiro atoms. The average molecular weight is 206 g/mol. The number of rotatable bonds is 4. The molecule has 3 atom stereocenters. The fraction of sp³-hybridized carbons (Fsp3) is 0.385. The van der Waals surface area contributed by atoms with Crippen molar-refractivity contribution >= 4 is 0 Å². The van der Waals surface area contributed by atoms with Gasteiger partial charge in [0.25, 0.3) is 0 Å². The number of hydrogen-bond acceptors (Lipinski definition) is 2. The highest BCUT2D eigenvalue weighted by atomic mass is 16.3. The zero-order valence-electron chi connectivity index (χ0n) is 9.17. The molecule has 0 amide bonds. The maximum Gasteiger partial charge on any atom is 0.0843 e. The van der Waals surface area contributed by atoms with Crippen molar-refractivity contribution in [1.29, 1.82) is 0 Å². The van der Waals surface area contributed by atoms with E-state index >= 15 is 0 Å². The molecule has 2 heteroatoms. The number of benzene rings is 1. The third-order valence-electron chi connectivity index (χ3n) is 2.57. The Bertz CT molecular complexity index is 306. The van der Waals surface area contributed by atoms with E-state index in [1.54, 1.807) is 12.2 Å². The van der Waals surface area contributed by atoms with Crippen LogP contribution in [0.25, 0.3) is 0 Å². The van der Waals surface area contributed by atoms with E-state index in [-0.39, 0.29) is 5.92 Å². The fourth-order valence-corrected chi connectivity index (χ4v) is 1.51. The number of hydrogen-bond donors (Lipinski definition) is 2. The Morgan fingerprint density at radius 2 is 1.73 bits per heavy atom. The molecule has 1 rings (SSSR count). The molecule has 0 unspecified atom stereocenters. The van der Waals surface area contributed by atoms with Crippen LogP contribution in [0, 0.1) is 5.92 Å². The first-order valence-corrected chi connectivity index (χ1v) is 5.20. The average Bonchev–Trinajstić information content (AvgIpc) is 2.28. The third-order valence-corrected chi connectivity index (χ3v) is 2.57. The van der Waals surface area contributed by atoms with Gasteiger partial charge in [0.15, 0.2) is 0 Å². The predicted molar refractivity (Wildman–Crippen MR) is 61.4 cm³/mol. The summed E-state index contributed by atoms with van der Waals surface area (Å²) in [5.41, 5.74) is 0.841. The molecular weight excluding hydrogens is 188 g/mol. The summed E-state index contributed by atoms with van der Waals surface area (Å²) in [6, 6.07) is 9.40. The minimum absolute atomic E-state index is 0.205. The van der Waals surface area contributed by atoms with Crippen molar-refractivity contribution in [3.05, 3.63) is 48.0 Å². The first-order chi connectivity index (χ1) is 7.16. The van der Waals surface area contributed by atoms with Gasteiger partial charge in [0, 0.05) is 5.92 Å². The lowest BCUT2D eigenvalue weighted by Crippen LogP contribution is -2.22. The molecule has 1 aromatic rings. The standard InChI is InChI=1S/C13H18O2/c1-3-7-12(14)10(2)13(15)11-8-5-4-6-9-11/h3-10,12-15H,1-2H3/b7-3+/t10-,12+,13-/m1/s1. The lowest BCUT2D eigenvalue weighted by atomic mass is 9.92. The van der Waals surface area contributed by atoms with Gasteiger partial charge in [-0.05, 0) is 12.5 Å².